The number of nitriles is 1. The third-order valence-corrected chi connectivity index (χ3v) is 8.45. The van der Waals surface area contributed by atoms with Crippen LogP contribution in [0.2, 0.25) is 0 Å². The number of rotatable bonds is 8. The first kappa shape index (κ1) is 29.8. The molecule has 0 bridgehead atoms. The van der Waals surface area contributed by atoms with E-state index in [1.807, 2.05) is 38.1 Å². The van der Waals surface area contributed by atoms with Crippen molar-refractivity contribution in [2.75, 3.05) is 42.6 Å². The molecule has 3 saturated heterocycles. The van der Waals surface area contributed by atoms with E-state index < -0.39 is 11.7 Å². The molecule has 5 heterocycles. The highest BCUT2D eigenvalue weighted by Crippen LogP contribution is 2.36. The van der Waals surface area contributed by atoms with Gasteiger partial charge in [-0.3, -0.25) is 14.5 Å². The first-order valence-corrected chi connectivity index (χ1v) is 15.0. The molecule has 3 fully saturated rings. The van der Waals surface area contributed by atoms with E-state index in [9.17, 15) is 24.0 Å². The molecule has 0 saturated carbocycles. The van der Waals surface area contributed by atoms with Crippen LogP contribution in [-0.2, 0) is 4.79 Å². The average molecular weight is 613 g/mol. The van der Waals surface area contributed by atoms with Crippen LogP contribution >= 0.6 is 0 Å². The number of urea groups is 1. The summed E-state index contributed by atoms with van der Waals surface area (Å²) < 4.78 is 19.6. The van der Waals surface area contributed by atoms with Crippen LogP contribution in [0.5, 0.6) is 5.88 Å². The molecule has 0 spiro atoms. The summed E-state index contributed by atoms with van der Waals surface area (Å²) in [5.74, 6) is -0.686. The Bertz CT molecular complexity index is 1690. The first-order chi connectivity index (χ1) is 21.8. The topological polar surface area (TPSA) is 144 Å². The number of piperazine rings is 1. The highest BCUT2D eigenvalue weighted by Gasteiger charge is 2.45. The lowest BCUT2D eigenvalue weighted by atomic mass is 10.0. The zero-order chi connectivity index (χ0) is 31.7. The highest BCUT2D eigenvalue weighted by molar-refractivity contribution is 6.00. The van der Waals surface area contributed by atoms with E-state index in [-0.39, 0.29) is 47.7 Å². The van der Waals surface area contributed by atoms with Gasteiger partial charge in [-0.1, -0.05) is 6.92 Å². The fourth-order valence-corrected chi connectivity index (χ4v) is 6.26. The molecule has 3 atom stereocenters. The van der Waals surface area contributed by atoms with Crippen molar-refractivity contribution in [1.82, 2.24) is 25.5 Å². The normalized spacial score (nSPS) is 20.9. The number of hydrogen-bond donors (Lipinski definition) is 2. The van der Waals surface area contributed by atoms with Gasteiger partial charge in [-0.25, -0.2) is 19.2 Å². The number of aromatic nitrogens is 2. The van der Waals surface area contributed by atoms with E-state index in [0.29, 0.717) is 67.7 Å². The number of nitrogens with zero attached hydrogens (tertiary/aromatic N) is 6. The lowest BCUT2D eigenvalue weighted by Crippen LogP contribution is -2.58. The Kier molecular flexibility index (Phi) is 8.21. The lowest BCUT2D eigenvalue weighted by Gasteiger charge is -2.44. The van der Waals surface area contributed by atoms with Crippen molar-refractivity contribution < 1.29 is 23.5 Å². The van der Waals surface area contributed by atoms with Gasteiger partial charge in [-0.05, 0) is 55.8 Å². The largest absolute Gasteiger partial charge is 0.477 e. The monoisotopic (exact) mass is 612 g/mol. The summed E-state index contributed by atoms with van der Waals surface area (Å²) in [5, 5.41) is 15.3. The number of benzene rings is 1. The number of ether oxygens (including phenoxy) is 1. The lowest BCUT2D eigenvalue weighted by molar-refractivity contribution is -0.119. The molecule has 232 valence electrons. The Balaban J connectivity index is 1.36. The van der Waals surface area contributed by atoms with Gasteiger partial charge in [-0.15, -0.1) is 0 Å². The van der Waals surface area contributed by atoms with E-state index in [1.54, 1.807) is 17.2 Å². The minimum Gasteiger partial charge on any atom is -0.477 e. The van der Waals surface area contributed by atoms with Gasteiger partial charge in [0, 0.05) is 44.8 Å². The van der Waals surface area contributed by atoms with E-state index in [4.69, 9.17) is 9.72 Å². The van der Waals surface area contributed by atoms with Gasteiger partial charge >= 0.3 is 6.03 Å². The third-order valence-electron chi connectivity index (χ3n) is 8.45. The van der Waals surface area contributed by atoms with Crippen LogP contribution in [0.15, 0.2) is 48.7 Å². The second-order valence-corrected chi connectivity index (χ2v) is 11.2. The SMILES string of the molecule is CCOc1ncccc1-c1ccc(N2C[C@H]3CN(c4ccc(F)cc4C#N)C(=O)N3C[C@H]2CC)c(C(=O)N[C@H]2CNC(=O)C2)n1. The molecule has 12 nitrogen and oxygen atoms in total. The Morgan fingerprint density at radius 1 is 1.13 bits per heavy atom. The minimum atomic E-state index is -0.545. The number of hydrogen-bond acceptors (Lipinski definition) is 8. The fourth-order valence-electron chi connectivity index (χ4n) is 6.26. The van der Waals surface area contributed by atoms with Gasteiger partial charge in [0.25, 0.3) is 5.91 Å². The van der Waals surface area contributed by atoms with Gasteiger partial charge < -0.3 is 25.2 Å². The van der Waals surface area contributed by atoms with Crippen molar-refractivity contribution >= 4 is 29.2 Å². The number of amides is 4. The fraction of sp³-hybridized carbons (Fsp3) is 0.375. The van der Waals surface area contributed by atoms with E-state index in [1.165, 1.54) is 17.0 Å². The summed E-state index contributed by atoms with van der Waals surface area (Å²) >= 11 is 0. The van der Waals surface area contributed by atoms with Crippen LogP contribution in [0.1, 0.15) is 42.7 Å². The number of carbonyl (C=O) groups excluding carboxylic acids is 3. The molecule has 0 aliphatic carbocycles. The van der Waals surface area contributed by atoms with Crippen molar-refractivity contribution in [2.24, 2.45) is 0 Å². The van der Waals surface area contributed by atoms with Crippen LogP contribution in [0, 0.1) is 17.1 Å². The number of pyridine rings is 2. The Hall–Kier alpha value is -5.25. The summed E-state index contributed by atoms with van der Waals surface area (Å²) in [7, 11) is 0. The Morgan fingerprint density at radius 2 is 1.96 bits per heavy atom. The van der Waals surface area contributed by atoms with Crippen LogP contribution < -0.4 is 25.2 Å². The van der Waals surface area contributed by atoms with Gasteiger partial charge in [0.1, 0.15) is 11.9 Å². The molecule has 2 aromatic heterocycles. The van der Waals surface area contributed by atoms with Gasteiger partial charge in [0.15, 0.2) is 5.69 Å². The molecule has 4 amide bonds. The number of fused-ring (bicyclic) bond motifs is 1. The molecular formula is C32H33FN8O4. The Morgan fingerprint density at radius 3 is 2.69 bits per heavy atom. The Labute approximate surface area is 259 Å². The van der Waals surface area contributed by atoms with Crippen molar-refractivity contribution in [3.63, 3.8) is 0 Å². The molecule has 45 heavy (non-hydrogen) atoms. The number of anilines is 2. The maximum absolute atomic E-state index is 13.9. The summed E-state index contributed by atoms with van der Waals surface area (Å²) in [6.45, 7) is 5.72. The summed E-state index contributed by atoms with van der Waals surface area (Å²) in [5.41, 5.74) is 2.40. The molecule has 13 heteroatoms. The van der Waals surface area contributed by atoms with Crippen LogP contribution in [0.25, 0.3) is 11.3 Å². The minimum absolute atomic E-state index is 0.0903. The van der Waals surface area contributed by atoms with E-state index >= 15 is 0 Å². The molecule has 0 radical (unpaired) electrons. The highest BCUT2D eigenvalue weighted by atomic mass is 19.1. The van der Waals surface area contributed by atoms with Crippen molar-refractivity contribution in [1.29, 1.82) is 5.26 Å². The second kappa shape index (κ2) is 12.4. The first-order valence-electron chi connectivity index (χ1n) is 15.0. The second-order valence-electron chi connectivity index (χ2n) is 11.2. The molecule has 3 aliphatic heterocycles. The quantitative estimate of drug-likeness (QED) is 0.395. The van der Waals surface area contributed by atoms with Crippen molar-refractivity contribution in [2.45, 2.75) is 44.8 Å². The molecule has 0 unspecified atom stereocenters. The van der Waals surface area contributed by atoms with Crippen LogP contribution in [0.3, 0.4) is 0 Å². The summed E-state index contributed by atoms with van der Waals surface area (Å²) in [4.78, 5) is 53.9. The summed E-state index contributed by atoms with van der Waals surface area (Å²) in [6, 6.07) is 12.1. The van der Waals surface area contributed by atoms with E-state index in [0.717, 1.165) is 6.07 Å². The van der Waals surface area contributed by atoms with Gasteiger partial charge in [0.2, 0.25) is 11.8 Å². The molecule has 3 aliphatic rings. The smallest absolute Gasteiger partial charge is 0.325 e. The predicted molar refractivity (Wildman–Crippen MR) is 163 cm³/mol. The summed E-state index contributed by atoms with van der Waals surface area (Å²) in [6.07, 6.45) is 2.49. The predicted octanol–water partition coefficient (Wildman–Crippen LogP) is 3.08. The van der Waals surface area contributed by atoms with E-state index in [2.05, 4.69) is 20.5 Å². The average Bonchev–Trinajstić information content (AvgIpc) is 3.61. The van der Waals surface area contributed by atoms with Gasteiger partial charge in [-0.2, -0.15) is 5.26 Å². The van der Waals surface area contributed by atoms with Crippen LogP contribution in [0.4, 0.5) is 20.6 Å². The molecule has 1 aromatic carbocycles. The third kappa shape index (κ3) is 5.71. The number of nitrogens with one attached hydrogen (secondary N) is 2. The number of halogens is 1. The number of carbonyl (C=O) groups is 3. The molecular weight excluding hydrogens is 579 g/mol. The van der Waals surface area contributed by atoms with Crippen LogP contribution in [-0.4, -0.2) is 83.6 Å². The van der Waals surface area contributed by atoms with Crippen molar-refractivity contribution in [3.8, 4) is 23.2 Å². The molecule has 2 N–H and O–H groups in total. The standard InChI is InChI=1S/C32H33FN8O4/c1-3-22-16-40-23(18-41(32(40)44)26-9-7-20(33)12-19(26)14-34)17-39(22)27-10-8-25(24-6-5-11-35-31(24)45-4-2)38-29(27)30(43)37-21-13-28(42)36-15-21/h5-12,21-23H,3-4,13,15-18H2,1-2H3,(H,36,42)(H,37,43)/t21-,22-,23+/m1/s1. The molecule has 6 rings (SSSR count). The maximum atomic E-state index is 13.9. The zero-order valence-corrected chi connectivity index (χ0v) is 25.0. The molecule has 3 aromatic rings. The van der Waals surface area contributed by atoms with Crippen molar-refractivity contribution in [3.05, 3.63) is 65.7 Å². The zero-order valence-electron chi connectivity index (χ0n) is 25.0. The maximum Gasteiger partial charge on any atom is 0.325 e. The van der Waals surface area contributed by atoms with Gasteiger partial charge in [0.05, 0.1) is 46.9 Å².